The van der Waals surface area contributed by atoms with Crippen molar-refractivity contribution in [2.45, 2.75) is 19.5 Å². The Morgan fingerprint density at radius 2 is 2.14 bits per heavy atom. The van der Waals surface area contributed by atoms with Gasteiger partial charge in [0.1, 0.15) is 5.76 Å². The van der Waals surface area contributed by atoms with Crippen LogP contribution in [-0.4, -0.2) is 30.7 Å². The van der Waals surface area contributed by atoms with E-state index in [0.29, 0.717) is 23.7 Å². The maximum atomic E-state index is 12.3. The Kier molecular flexibility index (Phi) is 4.02. The molecule has 1 unspecified atom stereocenters. The van der Waals surface area contributed by atoms with E-state index < -0.39 is 0 Å². The van der Waals surface area contributed by atoms with Crippen LogP contribution in [0.3, 0.4) is 0 Å². The van der Waals surface area contributed by atoms with Crippen LogP contribution in [0.4, 0.5) is 5.69 Å². The molecule has 0 bridgehead atoms. The zero-order valence-electron chi connectivity index (χ0n) is 12.5. The molecule has 22 heavy (non-hydrogen) atoms. The van der Waals surface area contributed by atoms with Crippen molar-refractivity contribution in [3.63, 3.8) is 0 Å². The Labute approximate surface area is 128 Å². The van der Waals surface area contributed by atoms with Crippen molar-refractivity contribution in [1.82, 2.24) is 4.90 Å². The molecule has 1 amide bonds. The number of amides is 1. The normalized spacial score (nSPS) is 14.1. The van der Waals surface area contributed by atoms with Crippen molar-refractivity contribution in [3.05, 3.63) is 42.4 Å². The molecule has 6 heteroatoms. The molecule has 3 rings (SSSR count). The molecule has 1 atom stereocenters. The van der Waals surface area contributed by atoms with Gasteiger partial charge in [0.05, 0.1) is 18.8 Å². The molecule has 1 aromatic carbocycles. The number of furan rings is 1. The number of anilines is 1. The van der Waals surface area contributed by atoms with Crippen LogP contribution in [0.15, 0.2) is 41.0 Å². The Morgan fingerprint density at radius 3 is 2.91 bits per heavy atom. The summed E-state index contributed by atoms with van der Waals surface area (Å²) in [6, 6.07) is 8.77. The smallest absolute Gasteiger partial charge is 0.241 e. The molecule has 0 aliphatic carbocycles. The molecule has 1 N–H and O–H groups in total. The molecule has 116 valence electrons. The average molecular weight is 302 g/mol. The van der Waals surface area contributed by atoms with Gasteiger partial charge < -0.3 is 19.2 Å². The molecular formula is C16H18N2O4. The van der Waals surface area contributed by atoms with E-state index in [0.717, 1.165) is 5.76 Å². The molecule has 6 nitrogen and oxygen atoms in total. The first-order valence-corrected chi connectivity index (χ1v) is 7.06. The van der Waals surface area contributed by atoms with Crippen LogP contribution in [-0.2, 0) is 11.3 Å². The van der Waals surface area contributed by atoms with Crippen molar-refractivity contribution in [2.24, 2.45) is 0 Å². The summed E-state index contributed by atoms with van der Waals surface area (Å²) < 4.78 is 15.9. The zero-order valence-corrected chi connectivity index (χ0v) is 12.5. The minimum Gasteiger partial charge on any atom is -0.468 e. The summed E-state index contributed by atoms with van der Waals surface area (Å²) in [4.78, 5) is 14.2. The third-order valence-corrected chi connectivity index (χ3v) is 3.67. The van der Waals surface area contributed by atoms with Gasteiger partial charge in [-0.2, -0.15) is 0 Å². The summed E-state index contributed by atoms with van der Waals surface area (Å²) in [5, 5.41) is 2.89. The molecule has 1 aromatic heterocycles. The predicted octanol–water partition coefficient (Wildman–Crippen LogP) is 2.47. The summed E-state index contributed by atoms with van der Waals surface area (Å²) >= 11 is 0. The fraction of sp³-hybridized carbons (Fsp3) is 0.312. The highest BCUT2D eigenvalue weighted by Gasteiger charge is 2.20. The third kappa shape index (κ3) is 3.07. The number of ether oxygens (including phenoxy) is 2. The minimum atomic E-state index is -0.296. The molecule has 2 heterocycles. The highest BCUT2D eigenvalue weighted by atomic mass is 16.7. The minimum absolute atomic E-state index is 0.0899. The standard InChI is InChI=1S/C16H18N2O4/c1-11(18(2)9-13-4-3-7-20-13)16(19)17-12-5-6-14-15(8-12)22-10-21-14/h3-8,11H,9-10H2,1-2H3,(H,17,19). The van der Waals surface area contributed by atoms with E-state index in [9.17, 15) is 4.79 Å². The van der Waals surface area contributed by atoms with E-state index >= 15 is 0 Å². The summed E-state index contributed by atoms with van der Waals surface area (Å²) in [7, 11) is 1.88. The summed E-state index contributed by atoms with van der Waals surface area (Å²) in [5.74, 6) is 2.08. The molecule has 0 fully saturated rings. The largest absolute Gasteiger partial charge is 0.468 e. The fourth-order valence-corrected chi connectivity index (χ4v) is 2.21. The van der Waals surface area contributed by atoms with Crippen LogP contribution >= 0.6 is 0 Å². The first-order valence-electron chi connectivity index (χ1n) is 7.06. The van der Waals surface area contributed by atoms with Crippen molar-refractivity contribution >= 4 is 11.6 Å². The Balaban J connectivity index is 1.61. The average Bonchev–Trinajstić information content (AvgIpc) is 3.16. The maximum absolute atomic E-state index is 12.3. The Morgan fingerprint density at radius 1 is 1.32 bits per heavy atom. The highest BCUT2D eigenvalue weighted by molar-refractivity contribution is 5.94. The number of hydrogen-bond acceptors (Lipinski definition) is 5. The number of fused-ring (bicyclic) bond motifs is 1. The topological polar surface area (TPSA) is 63.9 Å². The van der Waals surface area contributed by atoms with Gasteiger partial charge in [0.15, 0.2) is 11.5 Å². The van der Waals surface area contributed by atoms with Gasteiger partial charge in [-0.25, -0.2) is 0 Å². The lowest BCUT2D eigenvalue weighted by atomic mass is 10.2. The number of benzene rings is 1. The lowest BCUT2D eigenvalue weighted by Gasteiger charge is -2.22. The van der Waals surface area contributed by atoms with Crippen LogP contribution in [0, 0.1) is 0 Å². The zero-order chi connectivity index (χ0) is 15.5. The molecule has 0 saturated carbocycles. The number of nitrogens with one attached hydrogen (secondary N) is 1. The van der Waals surface area contributed by atoms with Gasteiger partial charge in [-0.3, -0.25) is 9.69 Å². The number of likely N-dealkylation sites (N-methyl/N-ethyl adjacent to an activating group) is 1. The van der Waals surface area contributed by atoms with Crippen molar-refractivity contribution in [3.8, 4) is 11.5 Å². The second-order valence-electron chi connectivity index (χ2n) is 5.23. The number of carbonyl (C=O) groups is 1. The molecule has 0 radical (unpaired) electrons. The van der Waals surface area contributed by atoms with Crippen LogP contribution in [0.5, 0.6) is 11.5 Å². The van der Waals surface area contributed by atoms with E-state index in [2.05, 4.69) is 5.32 Å². The van der Waals surface area contributed by atoms with Crippen LogP contribution in [0.2, 0.25) is 0 Å². The molecular weight excluding hydrogens is 284 g/mol. The molecule has 2 aromatic rings. The lowest BCUT2D eigenvalue weighted by Crippen LogP contribution is -2.39. The van der Waals surface area contributed by atoms with E-state index in [-0.39, 0.29) is 18.7 Å². The van der Waals surface area contributed by atoms with Gasteiger partial charge in [0, 0.05) is 11.8 Å². The van der Waals surface area contributed by atoms with Gasteiger partial charge in [0.25, 0.3) is 0 Å². The van der Waals surface area contributed by atoms with E-state index in [1.807, 2.05) is 31.0 Å². The Bertz CT molecular complexity index is 654. The van der Waals surface area contributed by atoms with E-state index in [1.54, 1.807) is 24.5 Å². The monoisotopic (exact) mass is 302 g/mol. The summed E-state index contributed by atoms with van der Waals surface area (Å²) in [6.45, 7) is 2.64. The summed E-state index contributed by atoms with van der Waals surface area (Å²) in [6.07, 6.45) is 1.63. The van der Waals surface area contributed by atoms with Gasteiger partial charge in [-0.05, 0) is 38.2 Å². The highest BCUT2D eigenvalue weighted by Crippen LogP contribution is 2.34. The third-order valence-electron chi connectivity index (χ3n) is 3.67. The van der Waals surface area contributed by atoms with Gasteiger partial charge in [-0.1, -0.05) is 0 Å². The number of hydrogen-bond donors (Lipinski definition) is 1. The first kappa shape index (κ1) is 14.5. The molecule has 1 aliphatic rings. The van der Waals surface area contributed by atoms with Crippen LogP contribution in [0.25, 0.3) is 0 Å². The predicted molar refractivity (Wildman–Crippen MR) is 80.8 cm³/mol. The SMILES string of the molecule is CC(C(=O)Nc1ccc2c(c1)OCO2)N(C)Cc1ccco1. The summed E-state index contributed by atoms with van der Waals surface area (Å²) in [5.41, 5.74) is 0.687. The van der Waals surface area contributed by atoms with E-state index in [4.69, 9.17) is 13.9 Å². The lowest BCUT2D eigenvalue weighted by molar-refractivity contribution is -0.120. The van der Waals surface area contributed by atoms with Gasteiger partial charge in [-0.15, -0.1) is 0 Å². The van der Waals surface area contributed by atoms with E-state index in [1.165, 1.54) is 0 Å². The van der Waals surface area contributed by atoms with Crippen LogP contribution < -0.4 is 14.8 Å². The van der Waals surface area contributed by atoms with Crippen molar-refractivity contribution in [1.29, 1.82) is 0 Å². The molecule has 1 aliphatic heterocycles. The van der Waals surface area contributed by atoms with Gasteiger partial charge in [0.2, 0.25) is 12.7 Å². The van der Waals surface area contributed by atoms with Gasteiger partial charge >= 0.3 is 0 Å². The Hall–Kier alpha value is -2.47. The molecule has 0 spiro atoms. The molecule has 0 saturated heterocycles. The number of nitrogens with zero attached hydrogens (tertiary/aromatic N) is 1. The fourth-order valence-electron chi connectivity index (χ4n) is 2.21. The van der Waals surface area contributed by atoms with Crippen molar-refractivity contribution < 1.29 is 18.7 Å². The maximum Gasteiger partial charge on any atom is 0.241 e. The number of rotatable bonds is 5. The van der Waals surface area contributed by atoms with Crippen LogP contribution in [0.1, 0.15) is 12.7 Å². The number of carbonyl (C=O) groups excluding carboxylic acids is 1. The quantitative estimate of drug-likeness (QED) is 0.919. The second kappa shape index (κ2) is 6.11. The van der Waals surface area contributed by atoms with Crippen molar-refractivity contribution in [2.75, 3.05) is 19.2 Å². The first-order chi connectivity index (χ1) is 10.6. The second-order valence-corrected chi connectivity index (χ2v) is 5.23.